The maximum Gasteiger partial charge on any atom is 0.239 e. The molecule has 2 atom stereocenters. The Morgan fingerprint density at radius 1 is 1.47 bits per heavy atom. The van der Waals surface area contributed by atoms with Crippen molar-refractivity contribution in [2.24, 2.45) is 11.7 Å². The fraction of sp³-hybridized carbons (Fsp3) is 0.833. The van der Waals surface area contributed by atoms with Crippen LogP contribution in [0.3, 0.4) is 0 Å². The van der Waals surface area contributed by atoms with Crippen molar-refractivity contribution in [3.8, 4) is 0 Å². The molecule has 1 fully saturated rings. The molecule has 3 N–H and O–H groups in total. The summed E-state index contributed by atoms with van der Waals surface area (Å²) in [6, 6.07) is -0.325. The number of nitrogens with one attached hydrogen (secondary N) is 1. The van der Waals surface area contributed by atoms with Gasteiger partial charge >= 0.3 is 0 Å². The Morgan fingerprint density at radius 2 is 2.12 bits per heavy atom. The average Bonchev–Trinajstić information content (AvgIpc) is 2.62. The third-order valence-corrected chi connectivity index (χ3v) is 2.95. The topological polar surface area (TPSA) is 75.4 Å². The zero-order chi connectivity index (χ0) is 13.0. The van der Waals surface area contributed by atoms with Crippen molar-refractivity contribution >= 4 is 11.8 Å². The summed E-state index contributed by atoms with van der Waals surface area (Å²) in [5.74, 6) is 0.380. The van der Waals surface area contributed by atoms with E-state index in [2.05, 4.69) is 19.2 Å². The summed E-state index contributed by atoms with van der Waals surface area (Å²) >= 11 is 0. The third-order valence-electron chi connectivity index (χ3n) is 2.95. The summed E-state index contributed by atoms with van der Waals surface area (Å²) in [5.41, 5.74) is 5.87. The number of nitrogens with zero attached hydrogens (tertiary/aromatic N) is 1. The van der Waals surface area contributed by atoms with Crippen LogP contribution in [0.2, 0.25) is 0 Å². The number of nitrogens with two attached hydrogens (primary N) is 1. The Bertz CT molecular complexity index is 291. The van der Waals surface area contributed by atoms with Gasteiger partial charge in [0.25, 0.3) is 0 Å². The van der Waals surface area contributed by atoms with Gasteiger partial charge in [0.1, 0.15) is 0 Å². The van der Waals surface area contributed by atoms with Gasteiger partial charge in [-0.05, 0) is 18.8 Å². The molecule has 2 amide bonds. The Balaban J connectivity index is 2.42. The van der Waals surface area contributed by atoms with Gasteiger partial charge in [0.2, 0.25) is 11.8 Å². The second-order valence-corrected chi connectivity index (χ2v) is 5.21. The van der Waals surface area contributed by atoms with E-state index in [-0.39, 0.29) is 17.9 Å². The molecule has 98 valence electrons. The van der Waals surface area contributed by atoms with Gasteiger partial charge in [-0.25, -0.2) is 0 Å². The van der Waals surface area contributed by atoms with Crippen LogP contribution in [0.5, 0.6) is 0 Å². The minimum atomic E-state index is -0.411. The highest BCUT2D eigenvalue weighted by molar-refractivity contribution is 5.82. The molecule has 1 heterocycles. The molecule has 0 radical (unpaired) electrons. The molecule has 0 aromatic heterocycles. The minimum Gasteiger partial charge on any atom is -0.352 e. The van der Waals surface area contributed by atoms with Crippen molar-refractivity contribution in [2.45, 2.75) is 45.7 Å². The van der Waals surface area contributed by atoms with Gasteiger partial charge in [-0.1, -0.05) is 13.8 Å². The standard InChI is InChI=1S/C12H23N3O2/c1-8(2)6-11(13)12(17)15-5-4-10(7-15)14-9(3)16/h8,10-11H,4-7,13H2,1-3H3,(H,14,16)/t10?,11-/m0/s1. The molecule has 1 aliphatic rings. The smallest absolute Gasteiger partial charge is 0.239 e. The van der Waals surface area contributed by atoms with E-state index in [4.69, 9.17) is 5.73 Å². The number of hydrogen-bond acceptors (Lipinski definition) is 3. The molecule has 0 aromatic rings. The van der Waals surface area contributed by atoms with Gasteiger partial charge in [-0.3, -0.25) is 9.59 Å². The SMILES string of the molecule is CC(=O)NC1CCN(C(=O)[C@@H](N)CC(C)C)C1. The summed E-state index contributed by atoms with van der Waals surface area (Å²) in [4.78, 5) is 24.7. The van der Waals surface area contributed by atoms with Crippen molar-refractivity contribution in [1.82, 2.24) is 10.2 Å². The molecule has 17 heavy (non-hydrogen) atoms. The Morgan fingerprint density at radius 3 is 2.65 bits per heavy atom. The van der Waals surface area contributed by atoms with Crippen LogP contribution < -0.4 is 11.1 Å². The Kier molecular flexibility index (Phi) is 4.93. The monoisotopic (exact) mass is 241 g/mol. The Labute approximate surface area is 103 Å². The number of rotatable bonds is 4. The summed E-state index contributed by atoms with van der Waals surface area (Å²) in [7, 11) is 0. The lowest BCUT2D eigenvalue weighted by atomic mass is 10.0. The second-order valence-electron chi connectivity index (χ2n) is 5.21. The van der Waals surface area contributed by atoms with Gasteiger partial charge in [0.15, 0.2) is 0 Å². The first-order valence-electron chi connectivity index (χ1n) is 6.21. The van der Waals surface area contributed by atoms with Crippen LogP contribution in [0, 0.1) is 5.92 Å². The maximum absolute atomic E-state index is 12.0. The van der Waals surface area contributed by atoms with Crippen LogP contribution in [-0.4, -0.2) is 41.9 Å². The maximum atomic E-state index is 12.0. The largest absolute Gasteiger partial charge is 0.352 e. The first-order chi connectivity index (χ1) is 7.90. The van der Waals surface area contributed by atoms with Crippen LogP contribution in [0.4, 0.5) is 0 Å². The van der Waals surface area contributed by atoms with Crippen molar-refractivity contribution in [3.05, 3.63) is 0 Å². The molecule has 1 unspecified atom stereocenters. The molecular formula is C12H23N3O2. The molecule has 5 heteroatoms. The highest BCUT2D eigenvalue weighted by Crippen LogP contribution is 2.13. The number of carbonyl (C=O) groups excluding carboxylic acids is 2. The summed E-state index contributed by atoms with van der Waals surface area (Å²) in [6.07, 6.45) is 1.53. The van der Waals surface area contributed by atoms with Gasteiger partial charge in [-0.2, -0.15) is 0 Å². The van der Waals surface area contributed by atoms with E-state index in [1.165, 1.54) is 6.92 Å². The number of carbonyl (C=O) groups is 2. The van der Waals surface area contributed by atoms with Crippen LogP contribution in [0.15, 0.2) is 0 Å². The summed E-state index contributed by atoms with van der Waals surface area (Å²) in [5, 5.41) is 2.83. The normalized spacial score (nSPS) is 21.7. The molecule has 0 spiro atoms. The molecule has 0 bridgehead atoms. The van der Waals surface area contributed by atoms with Gasteiger partial charge in [0.05, 0.1) is 6.04 Å². The zero-order valence-electron chi connectivity index (χ0n) is 10.9. The molecule has 0 saturated carbocycles. The fourth-order valence-electron chi connectivity index (χ4n) is 2.21. The number of likely N-dealkylation sites (tertiary alicyclic amines) is 1. The van der Waals surface area contributed by atoms with E-state index in [1.807, 2.05) is 0 Å². The molecule has 0 aliphatic carbocycles. The van der Waals surface area contributed by atoms with Crippen molar-refractivity contribution < 1.29 is 9.59 Å². The van der Waals surface area contributed by atoms with Crippen LogP contribution >= 0.6 is 0 Å². The summed E-state index contributed by atoms with van der Waals surface area (Å²) in [6.45, 7) is 6.88. The van der Waals surface area contributed by atoms with E-state index in [9.17, 15) is 9.59 Å². The number of hydrogen-bond donors (Lipinski definition) is 2. The van der Waals surface area contributed by atoms with Crippen molar-refractivity contribution in [1.29, 1.82) is 0 Å². The van der Waals surface area contributed by atoms with Crippen molar-refractivity contribution in [2.75, 3.05) is 13.1 Å². The van der Waals surface area contributed by atoms with Gasteiger partial charge in [0, 0.05) is 26.1 Å². The van der Waals surface area contributed by atoms with E-state index in [0.29, 0.717) is 25.4 Å². The summed E-state index contributed by atoms with van der Waals surface area (Å²) < 4.78 is 0. The quantitative estimate of drug-likeness (QED) is 0.733. The predicted octanol–water partition coefficient (Wildman–Crippen LogP) is 0.0968. The van der Waals surface area contributed by atoms with E-state index in [0.717, 1.165) is 6.42 Å². The second kappa shape index (κ2) is 6.00. The minimum absolute atomic E-state index is 0.00607. The van der Waals surface area contributed by atoms with E-state index in [1.54, 1.807) is 4.90 Å². The molecule has 1 aliphatic heterocycles. The van der Waals surface area contributed by atoms with Crippen LogP contribution in [0.1, 0.15) is 33.6 Å². The van der Waals surface area contributed by atoms with Crippen LogP contribution in [-0.2, 0) is 9.59 Å². The first-order valence-corrected chi connectivity index (χ1v) is 6.21. The van der Waals surface area contributed by atoms with E-state index >= 15 is 0 Å². The Hall–Kier alpha value is -1.10. The van der Waals surface area contributed by atoms with E-state index < -0.39 is 6.04 Å². The zero-order valence-corrected chi connectivity index (χ0v) is 10.9. The third kappa shape index (κ3) is 4.34. The van der Waals surface area contributed by atoms with Gasteiger partial charge < -0.3 is 16.0 Å². The highest BCUT2D eigenvalue weighted by atomic mass is 16.2. The first kappa shape index (κ1) is 14.0. The van der Waals surface area contributed by atoms with Gasteiger partial charge in [-0.15, -0.1) is 0 Å². The molecule has 1 saturated heterocycles. The fourth-order valence-corrected chi connectivity index (χ4v) is 2.21. The average molecular weight is 241 g/mol. The molecule has 0 aromatic carbocycles. The lowest BCUT2D eigenvalue weighted by Gasteiger charge is -2.22. The van der Waals surface area contributed by atoms with Crippen molar-refractivity contribution in [3.63, 3.8) is 0 Å². The lowest BCUT2D eigenvalue weighted by molar-refractivity contribution is -0.132. The number of amides is 2. The predicted molar refractivity (Wildman–Crippen MR) is 66.2 cm³/mol. The highest BCUT2D eigenvalue weighted by Gasteiger charge is 2.29. The molecule has 1 rings (SSSR count). The molecule has 5 nitrogen and oxygen atoms in total. The van der Waals surface area contributed by atoms with Crippen LogP contribution in [0.25, 0.3) is 0 Å². The lowest BCUT2D eigenvalue weighted by Crippen LogP contribution is -2.45. The molecular weight excluding hydrogens is 218 g/mol.